The highest BCUT2D eigenvalue weighted by atomic mass is 32.2. The number of carbonyl (C=O) groups excluding carboxylic acids is 1. The first-order valence-electron chi connectivity index (χ1n) is 7.52. The van der Waals surface area contributed by atoms with E-state index in [4.69, 9.17) is 12.2 Å². The van der Waals surface area contributed by atoms with Crippen LogP contribution < -0.4 is 4.90 Å². The fourth-order valence-electron chi connectivity index (χ4n) is 2.80. The third kappa shape index (κ3) is 2.75. The maximum Gasteiger partial charge on any atom is 0.268 e. The summed E-state index contributed by atoms with van der Waals surface area (Å²) in [7, 11) is 0. The molecule has 0 unspecified atom stereocenters. The number of benzene rings is 1. The zero-order valence-electron chi connectivity index (χ0n) is 13.2. The summed E-state index contributed by atoms with van der Waals surface area (Å²) >= 11 is 6.72. The average Bonchev–Trinajstić information content (AvgIpc) is 2.82. The second-order valence-corrected chi connectivity index (χ2v) is 7.07. The topological polar surface area (TPSA) is 23.6 Å². The predicted molar refractivity (Wildman–Crippen MR) is 102 cm³/mol. The Hall–Kier alpha value is -1.85. The van der Waals surface area contributed by atoms with E-state index in [0.29, 0.717) is 15.8 Å². The van der Waals surface area contributed by atoms with Gasteiger partial charge in [0.25, 0.3) is 5.91 Å². The van der Waals surface area contributed by atoms with Crippen LogP contribution in [0.2, 0.25) is 0 Å². The van der Waals surface area contributed by atoms with Crippen molar-refractivity contribution in [3.05, 3.63) is 58.7 Å². The molecular weight excluding hydrogens is 324 g/mol. The van der Waals surface area contributed by atoms with Crippen LogP contribution in [0.3, 0.4) is 0 Å². The minimum Gasteiger partial charge on any atom is -0.340 e. The van der Waals surface area contributed by atoms with Crippen molar-refractivity contribution in [2.24, 2.45) is 0 Å². The van der Waals surface area contributed by atoms with Crippen molar-refractivity contribution in [3.8, 4) is 0 Å². The molecule has 0 aliphatic carbocycles. The number of carbonyl (C=O) groups is 1. The number of amides is 1. The van der Waals surface area contributed by atoms with Gasteiger partial charge in [-0.25, -0.2) is 0 Å². The van der Waals surface area contributed by atoms with Crippen molar-refractivity contribution in [2.75, 3.05) is 18.0 Å². The molecule has 1 saturated heterocycles. The van der Waals surface area contributed by atoms with Crippen molar-refractivity contribution in [2.45, 2.75) is 13.8 Å². The number of fused-ring (bicyclic) bond motifs is 1. The first-order chi connectivity index (χ1) is 11.1. The normalized spacial score (nSPS) is 20.3. The van der Waals surface area contributed by atoms with E-state index < -0.39 is 0 Å². The molecular formula is C18H18N2OS2. The summed E-state index contributed by atoms with van der Waals surface area (Å²) in [6.07, 6.45) is 5.78. The van der Waals surface area contributed by atoms with Crippen molar-refractivity contribution in [1.29, 1.82) is 0 Å². The number of nitrogens with zero attached hydrogens (tertiary/aromatic N) is 2. The molecule has 1 amide bonds. The zero-order chi connectivity index (χ0) is 16.6. The molecule has 0 radical (unpaired) electrons. The Labute approximate surface area is 146 Å². The van der Waals surface area contributed by atoms with E-state index in [1.54, 1.807) is 11.0 Å². The maximum atomic E-state index is 12.7. The van der Waals surface area contributed by atoms with E-state index in [-0.39, 0.29) is 5.91 Å². The third-order valence-corrected chi connectivity index (χ3v) is 5.35. The molecule has 118 valence electrons. The molecule has 1 fully saturated rings. The largest absolute Gasteiger partial charge is 0.340 e. The van der Waals surface area contributed by atoms with Gasteiger partial charge in [0.1, 0.15) is 9.23 Å². The SMILES string of the molecule is C=CCN1C(=O)C(=C2C=Cc3ccc(C)cc3N2CC)SC1=S. The summed E-state index contributed by atoms with van der Waals surface area (Å²) in [5, 5.41) is 0. The summed E-state index contributed by atoms with van der Waals surface area (Å²) in [4.78, 5) is 17.2. The van der Waals surface area contributed by atoms with Crippen LogP contribution in [0.15, 0.2) is 47.5 Å². The van der Waals surface area contributed by atoms with Gasteiger partial charge in [0.05, 0.1) is 5.70 Å². The molecule has 2 heterocycles. The lowest BCUT2D eigenvalue weighted by atomic mass is 10.0. The second-order valence-electron chi connectivity index (χ2n) is 5.43. The first kappa shape index (κ1) is 16.0. The number of allylic oxidation sites excluding steroid dienone is 1. The van der Waals surface area contributed by atoms with Crippen LogP contribution in [-0.2, 0) is 4.79 Å². The maximum absolute atomic E-state index is 12.7. The monoisotopic (exact) mass is 342 g/mol. The second kappa shape index (κ2) is 6.34. The molecule has 1 aromatic carbocycles. The van der Waals surface area contributed by atoms with Gasteiger partial charge >= 0.3 is 0 Å². The number of rotatable bonds is 3. The van der Waals surface area contributed by atoms with Crippen LogP contribution in [0.5, 0.6) is 0 Å². The van der Waals surface area contributed by atoms with Crippen LogP contribution in [0.4, 0.5) is 5.69 Å². The minimum atomic E-state index is -0.0332. The fraction of sp³-hybridized carbons (Fsp3) is 0.222. The quantitative estimate of drug-likeness (QED) is 0.469. The number of hydrogen-bond donors (Lipinski definition) is 0. The van der Waals surface area contributed by atoms with Crippen LogP contribution in [0.25, 0.3) is 6.08 Å². The van der Waals surface area contributed by atoms with Gasteiger partial charge in [-0.2, -0.15) is 0 Å². The molecule has 0 atom stereocenters. The van der Waals surface area contributed by atoms with E-state index in [9.17, 15) is 4.79 Å². The lowest BCUT2D eigenvalue weighted by molar-refractivity contribution is -0.121. The Morgan fingerprint density at radius 1 is 1.30 bits per heavy atom. The highest BCUT2D eigenvalue weighted by molar-refractivity contribution is 8.26. The molecule has 0 bridgehead atoms. The summed E-state index contributed by atoms with van der Waals surface area (Å²) < 4.78 is 0.594. The molecule has 0 spiro atoms. The fourth-order valence-corrected chi connectivity index (χ4v) is 4.13. The van der Waals surface area contributed by atoms with Crippen molar-refractivity contribution in [1.82, 2.24) is 4.90 Å². The van der Waals surface area contributed by atoms with Crippen LogP contribution in [-0.4, -0.2) is 28.2 Å². The number of anilines is 1. The summed E-state index contributed by atoms with van der Waals surface area (Å²) in [6, 6.07) is 6.38. The van der Waals surface area contributed by atoms with Gasteiger partial charge in [-0.1, -0.05) is 48.3 Å². The van der Waals surface area contributed by atoms with Gasteiger partial charge in [0.2, 0.25) is 0 Å². The van der Waals surface area contributed by atoms with E-state index in [1.807, 2.05) is 6.08 Å². The molecule has 3 nitrogen and oxygen atoms in total. The van der Waals surface area contributed by atoms with Crippen LogP contribution >= 0.6 is 24.0 Å². The van der Waals surface area contributed by atoms with Crippen molar-refractivity contribution < 1.29 is 4.79 Å². The number of likely N-dealkylation sites (N-methyl/N-ethyl adjacent to an activating group) is 1. The zero-order valence-corrected chi connectivity index (χ0v) is 14.8. The van der Waals surface area contributed by atoms with Gasteiger partial charge < -0.3 is 4.90 Å². The van der Waals surface area contributed by atoms with E-state index in [2.05, 4.69) is 49.6 Å². The molecule has 2 aliphatic rings. The number of aryl methyl sites for hydroxylation is 1. The number of thioether (sulfide) groups is 1. The molecule has 1 aromatic rings. The van der Waals surface area contributed by atoms with E-state index in [1.165, 1.54) is 22.9 Å². The van der Waals surface area contributed by atoms with E-state index >= 15 is 0 Å². The van der Waals surface area contributed by atoms with Gasteiger partial charge in [-0.3, -0.25) is 9.69 Å². The summed E-state index contributed by atoms with van der Waals surface area (Å²) in [6.45, 7) is 9.11. The lowest BCUT2D eigenvalue weighted by Crippen LogP contribution is -2.30. The molecule has 0 N–H and O–H groups in total. The van der Waals surface area contributed by atoms with E-state index in [0.717, 1.165) is 17.9 Å². The van der Waals surface area contributed by atoms with Gasteiger partial charge in [-0.05, 0) is 37.1 Å². The summed E-state index contributed by atoms with van der Waals surface area (Å²) in [5.74, 6) is -0.0332. The Morgan fingerprint density at radius 2 is 2.09 bits per heavy atom. The van der Waals surface area contributed by atoms with Crippen molar-refractivity contribution in [3.63, 3.8) is 0 Å². The highest BCUT2D eigenvalue weighted by Crippen LogP contribution is 2.39. The molecule has 2 aliphatic heterocycles. The van der Waals surface area contributed by atoms with Gasteiger partial charge in [0.15, 0.2) is 0 Å². The van der Waals surface area contributed by atoms with Crippen LogP contribution in [0, 0.1) is 6.92 Å². The smallest absolute Gasteiger partial charge is 0.268 e. The average molecular weight is 342 g/mol. The standard InChI is InChI=1S/C18H18N2OS2/c1-4-10-20-17(21)16(23-18(20)22)14-9-8-13-7-6-12(3)11-15(13)19(14)5-2/h4,6-9,11H,1,5,10H2,2-3H3. The Kier molecular flexibility index (Phi) is 4.41. The third-order valence-electron chi connectivity index (χ3n) is 3.90. The van der Waals surface area contributed by atoms with Crippen molar-refractivity contribution >= 4 is 46.0 Å². The van der Waals surface area contributed by atoms with Gasteiger partial charge in [-0.15, -0.1) is 6.58 Å². The Balaban J connectivity index is 2.08. The predicted octanol–water partition coefficient (Wildman–Crippen LogP) is 4.11. The highest BCUT2D eigenvalue weighted by Gasteiger charge is 2.35. The van der Waals surface area contributed by atoms with Gasteiger partial charge in [0, 0.05) is 18.8 Å². The molecule has 0 saturated carbocycles. The molecule has 3 rings (SSSR count). The number of thiocarbonyl (C=S) groups is 1. The summed E-state index contributed by atoms with van der Waals surface area (Å²) in [5.41, 5.74) is 4.44. The minimum absolute atomic E-state index is 0.0332. The number of hydrogen-bond acceptors (Lipinski definition) is 4. The Bertz CT molecular complexity index is 764. The molecule has 23 heavy (non-hydrogen) atoms. The molecule has 0 aromatic heterocycles. The first-order valence-corrected chi connectivity index (χ1v) is 8.74. The molecule has 5 heteroatoms. The van der Waals surface area contributed by atoms with Crippen LogP contribution in [0.1, 0.15) is 18.1 Å². The Morgan fingerprint density at radius 3 is 2.78 bits per heavy atom. The lowest BCUT2D eigenvalue weighted by Gasteiger charge is -2.30.